The van der Waals surface area contributed by atoms with Crippen LogP contribution in [0.5, 0.6) is 5.75 Å². The predicted octanol–water partition coefficient (Wildman–Crippen LogP) is 1.30. The first-order valence-corrected chi connectivity index (χ1v) is 6.27. The second-order valence-electron chi connectivity index (χ2n) is 4.51. The van der Waals surface area contributed by atoms with Gasteiger partial charge in [0, 0.05) is 19.2 Å². The first-order valence-electron chi connectivity index (χ1n) is 6.27. The average molecular weight is 264 g/mol. The Bertz CT molecular complexity index is 472. The highest BCUT2D eigenvalue weighted by molar-refractivity contribution is 5.97. The molecule has 0 atom stereocenters. The number of likely N-dealkylation sites (N-methyl/N-ethyl adjacent to an activating group) is 1. The number of hydrogen-bond acceptors (Lipinski definition) is 3. The summed E-state index contributed by atoms with van der Waals surface area (Å²) in [5.74, 6) is -0.282. The molecule has 0 aliphatic heterocycles. The first kappa shape index (κ1) is 15.0. The summed E-state index contributed by atoms with van der Waals surface area (Å²) < 4.78 is 0. The topological polar surface area (TPSA) is 69.6 Å². The van der Waals surface area contributed by atoms with E-state index < -0.39 is 0 Å². The van der Waals surface area contributed by atoms with Crippen molar-refractivity contribution in [3.63, 3.8) is 0 Å². The summed E-state index contributed by atoms with van der Waals surface area (Å²) in [5.41, 5.74) is 1.18. The summed E-state index contributed by atoms with van der Waals surface area (Å²) in [4.78, 5) is 25.1. The van der Waals surface area contributed by atoms with Crippen molar-refractivity contribution in [3.05, 3.63) is 29.3 Å². The number of nitrogens with one attached hydrogen (secondary N) is 1. The Hall–Kier alpha value is -2.04. The third-order valence-electron chi connectivity index (χ3n) is 2.74. The highest BCUT2D eigenvalue weighted by atomic mass is 16.3. The monoisotopic (exact) mass is 264 g/mol. The summed E-state index contributed by atoms with van der Waals surface area (Å²) in [6.45, 7) is 4.35. The third kappa shape index (κ3) is 4.28. The molecule has 0 heterocycles. The fraction of sp³-hybridized carbons (Fsp3) is 0.429. The van der Waals surface area contributed by atoms with Gasteiger partial charge in [0.2, 0.25) is 5.91 Å². The molecule has 0 fully saturated rings. The molecule has 0 unspecified atom stereocenters. The van der Waals surface area contributed by atoms with Gasteiger partial charge in [0.1, 0.15) is 5.75 Å². The Balaban J connectivity index is 2.69. The number of amides is 2. The van der Waals surface area contributed by atoms with E-state index in [1.165, 1.54) is 17.0 Å². The molecule has 0 saturated heterocycles. The van der Waals surface area contributed by atoms with Crippen molar-refractivity contribution >= 4 is 11.8 Å². The Morgan fingerprint density at radius 1 is 1.37 bits per heavy atom. The second-order valence-corrected chi connectivity index (χ2v) is 4.51. The molecule has 0 bridgehead atoms. The lowest BCUT2D eigenvalue weighted by Gasteiger charge is -2.18. The lowest BCUT2D eigenvalue weighted by Crippen LogP contribution is -2.38. The summed E-state index contributed by atoms with van der Waals surface area (Å²) >= 11 is 0. The SMILES string of the molecule is CCCNC(=O)CN(C)C(=O)c1ccc(O)cc1C. The molecular weight excluding hydrogens is 244 g/mol. The number of phenols is 1. The van der Waals surface area contributed by atoms with Gasteiger partial charge in [-0.2, -0.15) is 0 Å². The smallest absolute Gasteiger partial charge is 0.254 e. The van der Waals surface area contributed by atoms with Crippen LogP contribution in [0.1, 0.15) is 29.3 Å². The zero-order valence-electron chi connectivity index (χ0n) is 11.6. The molecule has 5 heteroatoms. The number of benzene rings is 1. The van der Waals surface area contributed by atoms with Crippen molar-refractivity contribution < 1.29 is 14.7 Å². The number of hydrogen-bond donors (Lipinski definition) is 2. The van der Waals surface area contributed by atoms with E-state index in [0.29, 0.717) is 17.7 Å². The maximum atomic E-state index is 12.2. The lowest BCUT2D eigenvalue weighted by atomic mass is 10.1. The maximum absolute atomic E-state index is 12.2. The highest BCUT2D eigenvalue weighted by Crippen LogP contribution is 2.16. The molecule has 1 rings (SSSR count). The van der Waals surface area contributed by atoms with E-state index in [4.69, 9.17) is 0 Å². The zero-order valence-corrected chi connectivity index (χ0v) is 11.6. The van der Waals surface area contributed by atoms with Crippen LogP contribution in [0.15, 0.2) is 18.2 Å². The molecule has 2 N–H and O–H groups in total. The third-order valence-corrected chi connectivity index (χ3v) is 2.74. The summed E-state index contributed by atoms with van der Waals surface area (Å²) in [6, 6.07) is 4.55. The van der Waals surface area contributed by atoms with E-state index in [9.17, 15) is 14.7 Å². The minimum atomic E-state index is -0.232. The normalized spacial score (nSPS) is 10.1. The van der Waals surface area contributed by atoms with Gasteiger partial charge in [-0.05, 0) is 37.1 Å². The van der Waals surface area contributed by atoms with Crippen LogP contribution in [-0.2, 0) is 4.79 Å². The molecular formula is C14H20N2O3. The van der Waals surface area contributed by atoms with Gasteiger partial charge < -0.3 is 15.3 Å². The van der Waals surface area contributed by atoms with Crippen molar-refractivity contribution in [2.45, 2.75) is 20.3 Å². The van der Waals surface area contributed by atoms with Crippen LogP contribution < -0.4 is 5.32 Å². The molecule has 0 aliphatic carbocycles. The molecule has 2 amide bonds. The van der Waals surface area contributed by atoms with Crippen molar-refractivity contribution in [1.82, 2.24) is 10.2 Å². The summed E-state index contributed by atoms with van der Waals surface area (Å²) in [6.07, 6.45) is 0.862. The van der Waals surface area contributed by atoms with Crippen LogP contribution in [0, 0.1) is 6.92 Å². The predicted molar refractivity (Wildman–Crippen MR) is 73.1 cm³/mol. The number of nitrogens with zero attached hydrogens (tertiary/aromatic N) is 1. The standard InChI is InChI=1S/C14H20N2O3/c1-4-7-15-13(18)9-16(3)14(19)12-6-5-11(17)8-10(12)2/h5-6,8,17H,4,7,9H2,1-3H3,(H,15,18). The number of aryl methyl sites for hydroxylation is 1. The van der Waals surface area contributed by atoms with Gasteiger partial charge in [0.25, 0.3) is 5.91 Å². The number of carbonyl (C=O) groups is 2. The highest BCUT2D eigenvalue weighted by Gasteiger charge is 2.16. The number of carbonyl (C=O) groups excluding carboxylic acids is 2. The largest absolute Gasteiger partial charge is 0.508 e. The van der Waals surface area contributed by atoms with Crippen molar-refractivity contribution in [2.24, 2.45) is 0 Å². The molecule has 0 aromatic heterocycles. The molecule has 19 heavy (non-hydrogen) atoms. The fourth-order valence-corrected chi connectivity index (χ4v) is 1.70. The Kier molecular flexibility index (Phi) is 5.36. The Labute approximate surface area is 113 Å². The number of rotatable bonds is 5. The van der Waals surface area contributed by atoms with Crippen molar-refractivity contribution in [2.75, 3.05) is 20.1 Å². The van der Waals surface area contributed by atoms with E-state index in [1.807, 2.05) is 6.92 Å². The quantitative estimate of drug-likeness (QED) is 0.842. The molecule has 1 aromatic rings. The molecule has 0 aliphatic rings. The fourth-order valence-electron chi connectivity index (χ4n) is 1.70. The average Bonchev–Trinajstić information content (AvgIpc) is 2.35. The number of phenolic OH excluding ortho intramolecular Hbond substituents is 1. The minimum Gasteiger partial charge on any atom is -0.508 e. The van der Waals surface area contributed by atoms with Crippen molar-refractivity contribution in [1.29, 1.82) is 0 Å². The van der Waals surface area contributed by atoms with Gasteiger partial charge in [-0.25, -0.2) is 0 Å². The van der Waals surface area contributed by atoms with Gasteiger partial charge in [0.15, 0.2) is 0 Å². The summed E-state index contributed by atoms with van der Waals surface area (Å²) in [7, 11) is 1.58. The van der Waals surface area contributed by atoms with Crippen LogP contribution in [0.3, 0.4) is 0 Å². The van der Waals surface area contributed by atoms with Crippen molar-refractivity contribution in [3.8, 4) is 5.75 Å². The molecule has 1 aromatic carbocycles. The van der Waals surface area contributed by atoms with Gasteiger partial charge >= 0.3 is 0 Å². The Morgan fingerprint density at radius 3 is 2.63 bits per heavy atom. The van der Waals surface area contributed by atoms with Crippen LogP contribution in [0.4, 0.5) is 0 Å². The molecule has 5 nitrogen and oxygen atoms in total. The first-order chi connectivity index (χ1) is 8.95. The van der Waals surface area contributed by atoms with Gasteiger partial charge in [-0.15, -0.1) is 0 Å². The number of aromatic hydroxyl groups is 1. The molecule has 0 radical (unpaired) electrons. The Morgan fingerprint density at radius 2 is 2.05 bits per heavy atom. The molecule has 0 spiro atoms. The van der Waals surface area contributed by atoms with Crippen LogP contribution >= 0.6 is 0 Å². The zero-order chi connectivity index (χ0) is 14.4. The van der Waals surface area contributed by atoms with Crippen LogP contribution in [0.2, 0.25) is 0 Å². The van der Waals surface area contributed by atoms with Gasteiger partial charge in [0.05, 0.1) is 6.54 Å². The lowest BCUT2D eigenvalue weighted by molar-refractivity contribution is -0.121. The molecule has 0 saturated carbocycles. The minimum absolute atomic E-state index is 0.0269. The van der Waals surface area contributed by atoms with E-state index in [2.05, 4.69) is 5.32 Å². The summed E-state index contributed by atoms with van der Waals surface area (Å²) in [5, 5.41) is 12.0. The van der Waals surface area contributed by atoms with Crippen LogP contribution in [0.25, 0.3) is 0 Å². The van der Waals surface area contributed by atoms with E-state index in [0.717, 1.165) is 6.42 Å². The maximum Gasteiger partial charge on any atom is 0.254 e. The van der Waals surface area contributed by atoms with E-state index >= 15 is 0 Å². The van der Waals surface area contributed by atoms with Gasteiger partial charge in [-0.3, -0.25) is 9.59 Å². The van der Waals surface area contributed by atoms with Gasteiger partial charge in [-0.1, -0.05) is 6.92 Å². The van der Waals surface area contributed by atoms with Crippen LogP contribution in [-0.4, -0.2) is 42.0 Å². The second kappa shape index (κ2) is 6.78. The van der Waals surface area contributed by atoms with E-state index in [1.54, 1.807) is 20.0 Å². The van der Waals surface area contributed by atoms with E-state index in [-0.39, 0.29) is 24.1 Å². The molecule has 104 valence electrons.